The molecule has 2 aliphatic rings. The second kappa shape index (κ2) is 71.0. The van der Waals surface area contributed by atoms with Crippen LogP contribution in [-0.4, -0.2) is 113 Å². The lowest BCUT2D eigenvalue weighted by atomic mass is 10.3. The number of aromatic amines is 2. The smallest absolute Gasteiger partial charge is 0.327 e. The summed E-state index contributed by atoms with van der Waals surface area (Å²) in [5.41, 5.74) is -1.45. The Hall–Kier alpha value is -4.50. The van der Waals surface area contributed by atoms with Crippen LogP contribution in [0.3, 0.4) is 0 Å². The number of hydrogen-bond acceptors (Lipinski definition) is 8. The van der Waals surface area contributed by atoms with E-state index in [4.69, 9.17) is 0 Å². The standard InChI is InChI=1S/C6H10N2O2.C6H8N2O2.C5H8N2O2.C5H6N2O2.4C3H8.4C2H6.4B/c2*1-2-8-4-3-5(9)7-6(8)10;2*1-7-3-2-4(8)6-5(7)9;4*1-3-2;4*1-2;;;;/h2-4H2,1H3,(H,7,9,10);3-4H,2H2,1H3,(H,7,9,10);2-3H2,1H3,(H,6,8,9);2-3H,1H3,(H,6,8,9);4*3H2,1-2H3;4*1-2H3;;;;. The lowest BCUT2D eigenvalue weighted by molar-refractivity contribution is -0.122. The molecule has 4 N–H and O–H groups in total. The molecule has 62 heavy (non-hydrogen) atoms. The van der Waals surface area contributed by atoms with Crippen LogP contribution in [0.5, 0.6) is 0 Å². The summed E-state index contributed by atoms with van der Waals surface area (Å²) >= 11 is 0. The van der Waals surface area contributed by atoms with Gasteiger partial charge in [-0.3, -0.25) is 39.8 Å². The van der Waals surface area contributed by atoms with Gasteiger partial charge in [0.05, 0.1) is 0 Å². The summed E-state index contributed by atoms with van der Waals surface area (Å²) < 4.78 is 2.71. The Morgan fingerprint density at radius 2 is 0.790 bits per heavy atom. The van der Waals surface area contributed by atoms with Crippen molar-refractivity contribution in [3.05, 3.63) is 66.2 Å². The molecule has 20 heteroatoms. The highest BCUT2D eigenvalue weighted by Crippen LogP contribution is 1.98. The topological polar surface area (TPSA) is 209 Å². The van der Waals surface area contributed by atoms with Gasteiger partial charge in [-0.25, -0.2) is 19.2 Å². The molecule has 4 rings (SSSR count). The normalized spacial score (nSPS) is 10.5. The summed E-state index contributed by atoms with van der Waals surface area (Å²) in [6.45, 7) is 39.1. The molecule has 356 valence electrons. The number of aromatic nitrogens is 4. The largest absolute Gasteiger partial charge is 0.328 e. The molecule has 2 fully saturated rings. The van der Waals surface area contributed by atoms with Crippen molar-refractivity contribution in [3.8, 4) is 0 Å². The van der Waals surface area contributed by atoms with Crippen molar-refractivity contribution in [1.29, 1.82) is 0 Å². The first-order valence-electron chi connectivity index (χ1n) is 21.2. The van der Waals surface area contributed by atoms with Crippen molar-refractivity contribution in [2.24, 2.45) is 7.05 Å². The SMILES string of the molecule is CC.CC.CC.CC.CCC.CCC.CCC.CCC.CCN1CCC(=O)NC1=O.CCn1ccc(=O)[nH]c1=O.CN1CCC(=O)NC1=O.Cn1ccc(=O)[nH]c1=O.[B].[B].[B].[B]. The zero-order valence-electron chi connectivity index (χ0n) is 42.7. The lowest BCUT2D eigenvalue weighted by Crippen LogP contribution is -2.49. The number of aryl methyl sites for hydroxylation is 2. The molecule has 2 aliphatic heterocycles. The van der Waals surface area contributed by atoms with Gasteiger partial charge in [0, 0.05) is 111 Å². The summed E-state index contributed by atoms with van der Waals surface area (Å²) in [6, 6.07) is 2.05. The van der Waals surface area contributed by atoms with Crippen LogP contribution in [0, 0.1) is 0 Å². The number of imide groups is 2. The Labute approximate surface area is 384 Å². The van der Waals surface area contributed by atoms with Crippen molar-refractivity contribution >= 4 is 57.5 Å². The molecule has 2 saturated heterocycles. The molecule has 2 aromatic rings. The van der Waals surface area contributed by atoms with Crippen LogP contribution in [-0.2, 0) is 23.2 Å². The number of amides is 6. The van der Waals surface area contributed by atoms with Crippen molar-refractivity contribution in [2.75, 3.05) is 26.7 Å². The maximum atomic E-state index is 10.8. The number of hydrogen-bond donors (Lipinski definition) is 4. The van der Waals surface area contributed by atoms with Crippen molar-refractivity contribution in [3.63, 3.8) is 0 Å². The van der Waals surface area contributed by atoms with E-state index in [2.05, 4.69) is 76.0 Å². The second-order valence-corrected chi connectivity index (χ2v) is 10.7. The van der Waals surface area contributed by atoms with Crippen molar-refractivity contribution in [1.82, 2.24) is 39.5 Å². The van der Waals surface area contributed by atoms with Gasteiger partial charge in [-0.2, -0.15) is 0 Å². The molecular formula is C42H88B4N8O8. The molecule has 6 amide bonds. The quantitative estimate of drug-likeness (QED) is 0.248. The van der Waals surface area contributed by atoms with Crippen molar-refractivity contribution < 1.29 is 19.2 Å². The molecule has 0 saturated carbocycles. The summed E-state index contributed by atoms with van der Waals surface area (Å²) in [6.07, 6.45) is 8.74. The first-order valence-corrected chi connectivity index (χ1v) is 21.2. The molecule has 12 radical (unpaired) electrons. The minimum Gasteiger partial charge on any atom is -0.327 e. The van der Waals surface area contributed by atoms with E-state index in [1.807, 2.05) is 69.2 Å². The maximum Gasteiger partial charge on any atom is 0.328 e. The first kappa shape index (κ1) is 88.7. The van der Waals surface area contributed by atoms with Crippen LogP contribution in [0.25, 0.3) is 0 Å². The van der Waals surface area contributed by atoms with E-state index in [0.29, 0.717) is 39.0 Å². The molecule has 0 bridgehead atoms. The van der Waals surface area contributed by atoms with E-state index in [-0.39, 0.29) is 80.0 Å². The number of H-pyrrole nitrogens is 2. The number of rotatable bonds is 2. The van der Waals surface area contributed by atoms with Crippen LogP contribution in [0.4, 0.5) is 9.59 Å². The maximum absolute atomic E-state index is 10.8. The predicted molar refractivity (Wildman–Crippen MR) is 268 cm³/mol. The summed E-state index contributed by atoms with van der Waals surface area (Å²) in [5, 5.41) is 4.41. The van der Waals surface area contributed by atoms with Gasteiger partial charge in [-0.1, -0.05) is 136 Å². The third kappa shape index (κ3) is 62.2. The monoisotopic (exact) mass is 877 g/mol. The zero-order chi connectivity index (χ0) is 47.7. The number of carbonyl (C=O) groups is 4. The van der Waals surface area contributed by atoms with E-state index < -0.39 is 0 Å². The molecule has 0 unspecified atom stereocenters. The summed E-state index contributed by atoms with van der Waals surface area (Å²) in [5.74, 6) is -0.354. The van der Waals surface area contributed by atoms with Gasteiger partial charge in [0.1, 0.15) is 0 Å². The summed E-state index contributed by atoms with van der Waals surface area (Å²) in [4.78, 5) is 92.0. The highest BCUT2D eigenvalue weighted by atomic mass is 16.2. The lowest BCUT2D eigenvalue weighted by Gasteiger charge is -2.24. The van der Waals surface area contributed by atoms with Gasteiger partial charge in [-0.15, -0.1) is 0 Å². The fourth-order valence-corrected chi connectivity index (χ4v) is 2.72. The molecular weight excluding hydrogens is 788 g/mol. The Balaban J connectivity index is -0.0000000463. The van der Waals surface area contributed by atoms with Crippen LogP contribution >= 0.6 is 0 Å². The third-order valence-corrected chi connectivity index (χ3v) is 5.03. The number of carbonyl (C=O) groups excluding carboxylic acids is 4. The van der Waals surface area contributed by atoms with Gasteiger partial charge in [0.2, 0.25) is 11.8 Å². The van der Waals surface area contributed by atoms with E-state index >= 15 is 0 Å². The average molecular weight is 876 g/mol. The van der Waals surface area contributed by atoms with Gasteiger partial charge in [0.15, 0.2) is 0 Å². The van der Waals surface area contributed by atoms with E-state index in [1.165, 1.54) is 64.2 Å². The molecule has 0 atom stereocenters. The van der Waals surface area contributed by atoms with Gasteiger partial charge in [0.25, 0.3) is 11.1 Å². The Kier molecular flexibility index (Phi) is 102. The van der Waals surface area contributed by atoms with Gasteiger partial charge >= 0.3 is 23.4 Å². The van der Waals surface area contributed by atoms with Gasteiger partial charge < -0.3 is 18.9 Å². The minimum atomic E-state index is -0.387. The number of nitrogens with zero attached hydrogens (tertiary/aromatic N) is 4. The van der Waals surface area contributed by atoms with Crippen LogP contribution in [0.2, 0.25) is 0 Å². The van der Waals surface area contributed by atoms with Crippen molar-refractivity contribution in [2.45, 2.75) is 170 Å². The average Bonchev–Trinajstić information content (AvgIpc) is 3.20. The zero-order valence-corrected chi connectivity index (χ0v) is 42.7. The summed E-state index contributed by atoms with van der Waals surface area (Å²) in [7, 11) is 3.22. The molecule has 0 spiro atoms. The molecule has 2 aromatic heterocycles. The Morgan fingerprint density at radius 1 is 0.468 bits per heavy atom. The third-order valence-electron chi connectivity index (χ3n) is 5.03. The van der Waals surface area contributed by atoms with E-state index in [0.717, 1.165) is 0 Å². The molecule has 0 aromatic carbocycles. The molecule has 0 aliphatic carbocycles. The fourth-order valence-electron chi connectivity index (χ4n) is 2.72. The first-order chi connectivity index (χ1) is 27.5. The van der Waals surface area contributed by atoms with Crippen LogP contribution in [0.1, 0.15) is 163 Å². The number of urea groups is 2. The van der Waals surface area contributed by atoms with E-state index in [1.54, 1.807) is 19.0 Å². The van der Waals surface area contributed by atoms with Crippen LogP contribution < -0.4 is 33.1 Å². The van der Waals surface area contributed by atoms with Crippen LogP contribution in [0.15, 0.2) is 43.7 Å². The highest BCUT2D eigenvalue weighted by Gasteiger charge is 2.20. The van der Waals surface area contributed by atoms with Gasteiger partial charge in [-0.05, 0) is 13.8 Å². The Morgan fingerprint density at radius 3 is 1.05 bits per heavy atom. The number of nitrogens with one attached hydrogen (secondary N) is 4. The molecule has 4 heterocycles. The Bertz CT molecular complexity index is 1450. The molecule has 16 nitrogen and oxygen atoms in total. The highest BCUT2D eigenvalue weighted by molar-refractivity contribution is 5.97. The minimum absolute atomic E-state index is 0. The predicted octanol–water partition coefficient (Wildman–Crippen LogP) is 6.38. The second-order valence-electron chi connectivity index (χ2n) is 10.7. The van der Waals surface area contributed by atoms with E-state index in [9.17, 15) is 38.4 Å². The fraction of sp³-hybridized carbons (Fsp3) is 0.714.